The van der Waals surface area contributed by atoms with E-state index in [1.54, 1.807) is 12.1 Å². The summed E-state index contributed by atoms with van der Waals surface area (Å²) >= 11 is 4.68. The van der Waals surface area contributed by atoms with Gasteiger partial charge in [0, 0.05) is 24.2 Å². The third kappa shape index (κ3) is 4.96. The zero-order chi connectivity index (χ0) is 23.4. The minimum Gasteiger partial charge on any atom is -0.378 e. The second-order valence-electron chi connectivity index (χ2n) is 7.81. The molecular weight excluding hydrogens is 507 g/mol. The van der Waals surface area contributed by atoms with E-state index in [-0.39, 0.29) is 16.9 Å². The number of morpholine rings is 1. The quantitative estimate of drug-likeness (QED) is 0.457. The summed E-state index contributed by atoms with van der Waals surface area (Å²) in [6.07, 6.45) is 0.392. The number of nitrogens with zero attached hydrogens (tertiary/aromatic N) is 3. The molecule has 0 bridgehead atoms. The monoisotopic (exact) mass is 532 g/mol. The molecule has 1 aliphatic rings. The largest absolute Gasteiger partial charge is 0.378 e. The molecule has 2 N–H and O–H groups in total. The summed E-state index contributed by atoms with van der Waals surface area (Å²) in [6.45, 7) is 5.06. The van der Waals surface area contributed by atoms with Crippen LogP contribution in [0.15, 0.2) is 58.9 Å². The van der Waals surface area contributed by atoms with Gasteiger partial charge in [-0.1, -0.05) is 35.0 Å². The first kappa shape index (κ1) is 23.8. The van der Waals surface area contributed by atoms with Crippen LogP contribution in [0, 0.1) is 5.82 Å². The molecule has 1 saturated heterocycles. The van der Waals surface area contributed by atoms with E-state index < -0.39 is 5.66 Å². The molecule has 0 spiro atoms. The summed E-state index contributed by atoms with van der Waals surface area (Å²) in [6, 6.07) is 14.2. The number of hydrogen-bond acceptors (Lipinski definition) is 6. The molecule has 2 aromatic carbocycles. The molecular formula is C24H26BrFN4O2S. The Morgan fingerprint density at radius 3 is 2.45 bits per heavy atom. The molecule has 1 atom stereocenters. The Kier molecular flexibility index (Phi) is 7.43. The lowest BCUT2D eigenvalue weighted by Crippen LogP contribution is -2.54. The number of aromatic nitrogens is 1. The van der Waals surface area contributed by atoms with Crippen molar-refractivity contribution in [2.24, 2.45) is 10.7 Å². The number of ketones is 1. The average molecular weight is 533 g/mol. The van der Waals surface area contributed by atoms with Gasteiger partial charge in [0.05, 0.1) is 29.9 Å². The van der Waals surface area contributed by atoms with Crippen molar-refractivity contribution < 1.29 is 13.9 Å². The number of hydrogen-bond donors (Lipinski definition) is 1. The van der Waals surface area contributed by atoms with Gasteiger partial charge in [0.1, 0.15) is 5.82 Å². The first-order chi connectivity index (χ1) is 16.0. The van der Waals surface area contributed by atoms with Crippen molar-refractivity contribution in [2.75, 3.05) is 36.5 Å². The molecule has 9 heteroatoms. The first-order valence-corrected chi connectivity index (χ1v) is 12.8. The number of halogens is 2. The first-order valence-electron chi connectivity index (χ1n) is 10.8. The number of benzene rings is 2. The van der Waals surface area contributed by atoms with Crippen LogP contribution in [0.25, 0.3) is 11.3 Å². The number of ether oxygens (including phenoxy) is 1. The number of carbonyl (C=O) groups excluding carboxylic acids is 1. The Morgan fingerprint density at radius 1 is 1.18 bits per heavy atom. The molecule has 0 amide bonds. The number of thiazole rings is 1. The van der Waals surface area contributed by atoms with E-state index >= 15 is 0 Å². The van der Waals surface area contributed by atoms with E-state index in [1.165, 1.54) is 23.5 Å². The van der Waals surface area contributed by atoms with E-state index in [0.717, 1.165) is 43.2 Å². The summed E-state index contributed by atoms with van der Waals surface area (Å²) in [5, 5.41) is 2.09. The summed E-state index contributed by atoms with van der Waals surface area (Å²) in [7, 11) is 0. The lowest BCUT2D eigenvalue weighted by molar-refractivity contribution is -0.125. The van der Waals surface area contributed by atoms with Gasteiger partial charge in [0.25, 0.3) is 0 Å². The molecule has 1 aromatic heterocycles. The van der Waals surface area contributed by atoms with Crippen LogP contribution in [-0.4, -0.2) is 42.0 Å². The van der Waals surface area contributed by atoms with Crippen LogP contribution in [0.3, 0.4) is 0 Å². The molecule has 1 fully saturated rings. The van der Waals surface area contributed by atoms with Gasteiger partial charge in [-0.3, -0.25) is 9.36 Å². The molecule has 3 aromatic rings. The SMILES string of the molecule is CCC(N)(C(=O)CBr)n1c(-c2ccc(N3CCOCC3)cc2)cs/c1=N/c1ccc(F)cc1. The Hall–Kier alpha value is -2.33. The summed E-state index contributed by atoms with van der Waals surface area (Å²) < 4.78 is 20.6. The number of anilines is 1. The van der Waals surface area contributed by atoms with Gasteiger partial charge < -0.3 is 15.4 Å². The second-order valence-corrected chi connectivity index (χ2v) is 9.21. The lowest BCUT2D eigenvalue weighted by Gasteiger charge is -2.30. The van der Waals surface area contributed by atoms with E-state index in [4.69, 9.17) is 15.5 Å². The van der Waals surface area contributed by atoms with Crippen molar-refractivity contribution in [3.63, 3.8) is 0 Å². The van der Waals surface area contributed by atoms with Crippen molar-refractivity contribution in [1.29, 1.82) is 0 Å². The lowest BCUT2D eigenvalue weighted by atomic mass is 10.0. The van der Waals surface area contributed by atoms with Crippen LogP contribution in [0.1, 0.15) is 13.3 Å². The highest BCUT2D eigenvalue weighted by Crippen LogP contribution is 2.29. The van der Waals surface area contributed by atoms with Crippen LogP contribution in [0.5, 0.6) is 0 Å². The molecule has 0 aliphatic carbocycles. The topological polar surface area (TPSA) is 72.9 Å². The molecule has 4 rings (SSSR count). The van der Waals surface area contributed by atoms with Gasteiger partial charge in [-0.2, -0.15) is 0 Å². The maximum Gasteiger partial charge on any atom is 0.192 e. The smallest absolute Gasteiger partial charge is 0.192 e. The minimum absolute atomic E-state index is 0.131. The normalized spacial score (nSPS) is 16.6. The highest BCUT2D eigenvalue weighted by Gasteiger charge is 2.36. The number of alkyl halides is 1. The summed E-state index contributed by atoms with van der Waals surface area (Å²) in [5.74, 6) is -0.472. The fraction of sp³-hybridized carbons (Fsp3) is 0.333. The summed E-state index contributed by atoms with van der Waals surface area (Å²) in [5.41, 5.74) is 8.92. The van der Waals surface area contributed by atoms with E-state index in [0.29, 0.717) is 16.9 Å². The Labute approximate surface area is 204 Å². The van der Waals surface area contributed by atoms with E-state index in [1.807, 2.05) is 29.0 Å². The minimum atomic E-state index is -1.28. The van der Waals surface area contributed by atoms with Gasteiger partial charge >= 0.3 is 0 Å². The molecule has 2 heterocycles. The molecule has 33 heavy (non-hydrogen) atoms. The van der Waals surface area contributed by atoms with Gasteiger partial charge in [-0.25, -0.2) is 9.38 Å². The third-order valence-corrected chi connectivity index (χ3v) is 7.18. The van der Waals surface area contributed by atoms with Crippen molar-refractivity contribution >= 4 is 44.4 Å². The van der Waals surface area contributed by atoms with Gasteiger partial charge in [0.15, 0.2) is 16.2 Å². The Morgan fingerprint density at radius 2 is 1.85 bits per heavy atom. The zero-order valence-corrected chi connectivity index (χ0v) is 20.7. The fourth-order valence-corrected chi connectivity index (χ4v) is 5.33. The van der Waals surface area contributed by atoms with Crippen molar-refractivity contribution in [1.82, 2.24) is 4.57 Å². The maximum atomic E-state index is 13.4. The standard InChI is InChI=1S/C24H26BrFN4O2S/c1-2-24(27,22(31)15-25)30-21(16-33-23(30)28-19-7-5-18(26)6-8-19)17-3-9-20(10-4-17)29-11-13-32-14-12-29/h3-10,16H,2,11-15,27H2,1H3/b28-23+. The van der Waals surface area contributed by atoms with Crippen LogP contribution < -0.4 is 15.4 Å². The predicted molar refractivity (Wildman–Crippen MR) is 134 cm³/mol. The predicted octanol–water partition coefficient (Wildman–Crippen LogP) is 4.41. The van der Waals surface area contributed by atoms with E-state index in [9.17, 15) is 9.18 Å². The number of Topliss-reactive ketones (excluding diaryl/α,β-unsaturated/α-hetero) is 1. The average Bonchev–Trinajstić information content (AvgIpc) is 3.29. The second kappa shape index (κ2) is 10.3. The highest BCUT2D eigenvalue weighted by molar-refractivity contribution is 9.09. The van der Waals surface area contributed by atoms with Gasteiger partial charge in [0.2, 0.25) is 0 Å². The van der Waals surface area contributed by atoms with Crippen molar-refractivity contribution in [3.05, 3.63) is 64.5 Å². The number of rotatable bonds is 7. The van der Waals surface area contributed by atoms with Crippen LogP contribution >= 0.6 is 27.3 Å². The van der Waals surface area contributed by atoms with Crippen LogP contribution in [-0.2, 0) is 15.2 Å². The highest BCUT2D eigenvalue weighted by atomic mass is 79.9. The zero-order valence-electron chi connectivity index (χ0n) is 18.3. The van der Waals surface area contributed by atoms with Crippen molar-refractivity contribution in [2.45, 2.75) is 19.0 Å². The van der Waals surface area contributed by atoms with Crippen LogP contribution in [0.4, 0.5) is 15.8 Å². The molecule has 6 nitrogen and oxygen atoms in total. The van der Waals surface area contributed by atoms with E-state index in [2.05, 4.69) is 33.0 Å². The Bertz CT molecular complexity index is 1170. The molecule has 1 unspecified atom stereocenters. The molecule has 0 radical (unpaired) electrons. The fourth-order valence-electron chi connectivity index (χ4n) is 3.86. The number of carbonyl (C=O) groups is 1. The van der Waals surface area contributed by atoms with Crippen LogP contribution in [0.2, 0.25) is 0 Å². The Balaban J connectivity index is 1.82. The van der Waals surface area contributed by atoms with Gasteiger partial charge in [-0.05, 0) is 48.4 Å². The maximum absolute atomic E-state index is 13.4. The van der Waals surface area contributed by atoms with Crippen molar-refractivity contribution in [3.8, 4) is 11.3 Å². The molecule has 1 aliphatic heterocycles. The van der Waals surface area contributed by atoms with Gasteiger partial charge in [-0.15, -0.1) is 11.3 Å². The molecule has 174 valence electrons. The number of nitrogens with two attached hydrogens (primary N) is 1. The summed E-state index contributed by atoms with van der Waals surface area (Å²) in [4.78, 5) is 20.5. The third-order valence-electron chi connectivity index (χ3n) is 5.84. The molecule has 0 saturated carbocycles.